The number of nitrogens with zero attached hydrogens (tertiary/aromatic N) is 1. The van der Waals surface area contributed by atoms with Crippen molar-refractivity contribution in [2.24, 2.45) is 0 Å². The third kappa shape index (κ3) is 4.41. The summed E-state index contributed by atoms with van der Waals surface area (Å²) in [4.78, 5) is 0. The lowest BCUT2D eigenvalue weighted by Crippen LogP contribution is -2.39. The third-order valence-corrected chi connectivity index (χ3v) is 4.36. The number of likely N-dealkylation sites (N-methyl/N-ethyl adjacent to an activating group) is 1. The molecule has 0 aromatic heterocycles. The van der Waals surface area contributed by atoms with E-state index in [2.05, 4.69) is 0 Å². The Labute approximate surface area is 124 Å². The van der Waals surface area contributed by atoms with Gasteiger partial charge < -0.3 is 9.47 Å². The number of benzene rings is 1. The molecule has 0 spiro atoms. The fraction of sp³-hybridized carbons (Fsp3) is 0.500. The SMILES string of the molecule is COCO[C@H](c1ccccc1Cl)[C@@H](C)N(C)S(=O)(=O)O. The van der Waals surface area contributed by atoms with Gasteiger partial charge in [0.25, 0.3) is 0 Å². The van der Waals surface area contributed by atoms with Crippen LogP contribution in [0.1, 0.15) is 18.6 Å². The molecule has 2 atom stereocenters. The van der Waals surface area contributed by atoms with Gasteiger partial charge in [-0.15, -0.1) is 0 Å². The van der Waals surface area contributed by atoms with Crippen molar-refractivity contribution in [3.63, 3.8) is 0 Å². The van der Waals surface area contributed by atoms with Crippen LogP contribution in [-0.4, -0.2) is 44.3 Å². The van der Waals surface area contributed by atoms with E-state index < -0.39 is 22.4 Å². The van der Waals surface area contributed by atoms with Gasteiger partial charge in [-0.2, -0.15) is 12.7 Å². The molecule has 8 heteroatoms. The topological polar surface area (TPSA) is 76.1 Å². The fourth-order valence-electron chi connectivity index (χ4n) is 1.74. The van der Waals surface area contributed by atoms with E-state index in [1.54, 1.807) is 31.2 Å². The van der Waals surface area contributed by atoms with Crippen molar-refractivity contribution >= 4 is 21.9 Å². The van der Waals surface area contributed by atoms with E-state index in [-0.39, 0.29) is 6.79 Å². The Morgan fingerprint density at radius 3 is 2.50 bits per heavy atom. The second-order valence-electron chi connectivity index (χ2n) is 4.25. The largest absolute Gasteiger partial charge is 0.359 e. The number of ether oxygens (including phenoxy) is 2. The summed E-state index contributed by atoms with van der Waals surface area (Å²) in [6.07, 6.45) is -0.671. The number of hydrogen-bond acceptors (Lipinski definition) is 4. The zero-order chi connectivity index (χ0) is 15.3. The monoisotopic (exact) mass is 323 g/mol. The molecule has 1 rings (SSSR count). The fourth-order valence-corrected chi connectivity index (χ4v) is 2.51. The Balaban J connectivity index is 3.10. The second kappa shape index (κ2) is 7.35. The highest BCUT2D eigenvalue weighted by Gasteiger charge is 2.30. The normalized spacial score (nSPS) is 15.3. The van der Waals surface area contributed by atoms with E-state index in [0.717, 1.165) is 4.31 Å². The van der Waals surface area contributed by atoms with E-state index in [1.165, 1.54) is 14.2 Å². The van der Waals surface area contributed by atoms with Gasteiger partial charge in [0.15, 0.2) is 0 Å². The molecule has 0 aliphatic rings. The van der Waals surface area contributed by atoms with Gasteiger partial charge in [0.2, 0.25) is 0 Å². The molecule has 0 bridgehead atoms. The van der Waals surface area contributed by atoms with E-state index in [9.17, 15) is 8.42 Å². The molecule has 0 radical (unpaired) electrons. The summed E-state index contributed by atoms with van der Waals surface area (Å²) in [7, 11) is -1.60. The van der Waals surface area contributed by atoms with Crippen LogP contribution in [0.25, 0.3) is 0 Å². The summed E-state index contributed by atoms with van der Waals surface area (Å²) in [5.41, 5.74) is 0.620. The lowest BCUT2D eigenvalue weighted by Gasteiger charge is -2.30. The Morgan fingerprint density at radius 1 is 1.40 bits per heavy atom. The van der Waals surface area contributed by atoms with Crippen LogP contribution in [-0.2, 0) is 19.8 Å². The zero-order valence-electron chi connectivity index (χ0n) is 11.5. The summed E-state index contributed by atoms with van der Waals surface area (Å²) < 4.78 is 42.8. The summed E-state index contributed by atoms with van der Waals surface area (Å²) >= 11 is 6.11. The van der Waals surface area contributed by atoms with Crippen molar-refractivity contribution in [2.75, 3.05) is 21.0 Å². The minimum atomic E-state index is -4.32. The quantitative estimate of drug-likeness (QED) is 0.614. The molecule has 0 fully saturated rings. The van der Waals surface area contributed by atoms with Gasteiger partial charge in [0.05, 0.1) is 6.04 Å². The molecular formula is C12H18ClNO5S. The summed E-state index contributed by atoms with van der Waals surface area (Å²) in [5.74, 6) is 0. The van der Waals surface area contributed by atoms with E-state index in [1.807, 2.05) is 0 Å². The predicted molar refractivity (Wildman–Crippen MR) is 75.9 cm³/mol. The molecule has 1 N–H and O–H groups in total. The predicted octanol–water partition coefficient (Wildman–Crippen LogP) is 2.12. The van der Waals surface area contributed by atoms with Crippen molar-refractivity contribution in [1.82, 2.24) is 4.31 Å². The molecule has 114 valence electrons. The van der Waals surface area contributed by atoms with Crippen molar-refractivity contribution in [3.8, 4) is 0 Å². The maximum atomic E-state index is 11.2. The van der Waals surface area contributed by atoms with Gasteiger partial charge in [-0.3, -0.25) is 4.55 Å². The minimum absolute atomic E-state index is 0.0282. The molecule has 0 amide bonds. The van der Waals surface area contributed by atoms with Gasteiger partial charge >= 0.3 is 10.3 Å². The maximum absolute atomic E-state index is 11.2. The van der Waals surface area contributed by atoms with Gasteiger partial charge in [0, 0.05) is 24.7 Å². The summed E-state index contributed by atoms with van der Waals surface area (Å²) in [6, 6.07) is 6.28. The average molecular weight is 324 g/mol. The van der Waals surface area contributed by atoms with Crippen molar-refractivity contribution in [3.05, 3.63) is 34.9 Å². The smallest absolute Gasteiger partial charge is 0.335 e. The molecule has 1 aromatic carbocycles. The summed E-state index contributed by atoms with van der Waals surface area (Å²) in [5, 5.41) is 0.448. The van der Waals surface area contributed by atoms with Crippen LogP contribution in [0.15, 0.2) is 24.3 Å². The lowest BCUT2D eigenvalue weighted by molar-refractivity contribution is -0.0902. The molecule has 20 heavy (non-hydrogen) atoms. The second-order valence-corrected chi connectivity index (χ2v) is 6.13. The third-order valence-electron chi connectivity index (χ3n) is 2.95. The molecule has 0 saturated carbocycles. The molecule has 0 aliphatic heterocycles. The average Bonchev–Trinajstić information content (AvgIpc) is 2.38. The van der Waals surface area contributed by atoms with Gasteiger partial charge in [-0.25, -0.2) is 0 Å². The Bertz CT molecular complexity index is 536. The highest BCUT2D eigenvalue weighted by molar-refractivity contribution is 7.83. The molecular weight excluding hydrogens is 306 g/mol. The zero-order valence-corrected chi connectivity index (χ0v) is 13.1. The number of halogens is 1. The molecule has 1 aromatic rings. The highest BCUT2D eigenvalue weighted by atomic mass is 35.5. The number of hydrogen-bond donors (Lipinski definition) is 1. The van der Waals surface area contributed by atoms with Gasteiger partial charge in [-0.1, -0.05) is 29.8 Å². The van der Waals surface area contributed by atoms with Crippen LogP contribution in [0.5, 0.6) is 0 Å². The van der Waals surface area contributed by atoms with Crippen LogP contribution in [0.4, 0.5) is 0 Å². The van der Waals surface area contributed by atoms with E-state index in [0.29, 0.717) is 10.6 Å². The standard InChI is InChI=1S/C12H18ClNO5S/c1-9(14(2)20(15,16)17)12(19-8-18-3)10-6-4-5-7-11(10)13/h4-7,9,12H,8H2,1-3H3,(H,15,16,17)/t9-,12+/m1/s1. The van der Waals surface area contributed by atoms with E-state index >= 15 is 0 Å². The van der Waals surface area contributed by atoms with Crippen LogP contribution in [0.3, 0.4) is 0 Å². The van der Waals surface area contributed by atoms with Crippen LogP contribution < -0.4 is 0 Å². The molecule has 0 saturated heterocycles. The van der Waals surface area contributed by atoms with Crippen LogP contribution in [0.2, 0.25) is 5.02 Å². The van der Waals surface area contributed by atoms with Crippen molar-refractivity contribution in [2.45, 2.75) is 19.1 Å². The Kier molecular flexibility index (Phi) is 6.38. The van der Waals surface area contributed by atoms with Gasteiger partial charge in [0.1, 0.15) is 12.9 Å². The molecule has 0 aliphatic carbocycles. The Hall–Kier alpha value is -0.700. The maximum Gasteiger partial charge on any atom is 0.335 e. The first-order valence-electron chi connectivity index (χ1n) is 5.84. The molecule has 0 unspecified atom stereocenters. The lowest BCUT2D eigenvalue weighted by atomic mass is 10.0. The van der Waals surface area contributed by atoms with Crippen LogP contribution in [0, 0.1) is 0 Å². The van der Waals surface area contributed by atoms with Crippen molar-refractivity contribution in [1.29, 1.82) is 0 Å². The van der Waals surface area contributed by atoms with E-state index in [4.69, 9.17) is 25.6 Å². The number of methoxy groups -OCH3 is 1. The summed E-state index contributed by atoms with van der Waals surface area (Å²) in [6.45, 7) is 1.58. The van der Waals surface area contributed by atoms with Crippen LogP contribution >= 0.6 is 11.6 Å². The van der Waals surface area contributed by atoms with Gasteiger partial charge in [-0.05, 0) is 13.0 Å². The number of rotatable bonds is 7. The highest BCUT2D eigenvalue weighted by Crippen LogP contribution is 2.30. The molecule has 6 nitrogen and oxygen atoms in total. The van der Waals surface area contributed by atoms with Crippen molar-refractivity contribution < 1.29 is 22.4 Å². The first-order valence-corrected chi connectivity index (χ1v) is 7.62. The molecule has 0 heterocycles. The Morgan fingerprint density at radius 2 is 2.00 bits per heavy atom. The first-order chi connectivity index (χ1) is 9.29. The first kappa shape index (κ1) is 17.4. The minimum Gasteiger partial charge on any atom is -0.359 e.